The van der Waals surface area contributed by atoms with Gasteiger partial charge in [-0.15, -0.1) is 5.10 Å². The first-order chi connectivity index (χ1) is 9.11. The third kappa shape index (κ3) is 2.91. The number of pyridine rings is 1. The molecule has 2 heterocycles. The lowest BCUT2D eigenvalue weighted by molar-refractivity contribution is 0.0696. The molecular formula is C11H10N4O3S. The van der Waals surface area contributed by atoms with Gasteiger partial charge < -0.3 is 10.4 Å². The summed E-state index contributed by atoms with van der Waals surface area (Å²) >= 11 is 1.01. The van der Waals surface area contributed by atoms with Crippen LogP contribution in [0.5, 0.6) is 0 Å². The lowest BCUT2D eigenvalue weighted by Gasteiger charge is -2.03. The van der Waals surface area contributed by atoms with E-state index in [0.29, 0.717) is 17.0 Å². The number of carbonyl (C=O) groups is 2. The molecule has 98 valence electrons. The summed E-state index contributed by atoms with van der Waals surface area (Å²) in [6.45, 7) is 1.88. The average molecular weight is 278 g/mol. The number of hydrogen-bond donors (Lipinski definition) is 2. The zero-order chi connectivity index (χ0) is 13.8. The van der Waals surface area contributed by atoms with Gasteiger partial charge in [0.05, 0.1) is 11.3 Å². The van der Waals surface area contributed by atoms with Gasteiger partial charge in [0, 0.05) is 6.20 Å². The number of aromatic carboxylic acids is 1. The van der Waals surface area contributed by atoms with E-state index in [2.05, 4.69) is 19.9 Å². The van der Waals surface area contributed by atoms with Crippen molar-refractivity contribution in [3.63, 3.8) is 0 Å². The Bertz CT molecular complexity index is 609. The van der Waals surface area contributed by atoms with E-state index < -0.39 is 5.97 Å². The minimum absolute atomic E-state index is 0.0618. The molecule has 0 aliphatic carbocycles. The molecule has 2 rings (SSSR count). The van der Waals surface area contributed by atoms with E-state index in [9.17, 15) is 9.59 Å². The Morgan fingerprint density at radius 3 is 2.79 bits per heavy atom. The maximum Gasteiger partial charge on any atom is 0.337 e. The monoisotopic (exact) mass is 278 g/mol. The van der Waals surface area contributed by atoms with Gasteiger partial charge in [-0.25, -0.2) is 9.78 Å². The van der Waals surface area contributed by atoms with Crippen molar-refractivity contribution in [3.05, 3.63) is 34.5 Å². The first kappa shape index (κ1) is 13.1. The van der Waals surface area contributed by atoms with E-state index in [1.54, 1.807) is 0 Å². The normalized spacial score (nSPS) is 10.2. The number of aromatic nitrogens is 3. The molecule has 2 N–H and O–H groups in total. The first-order valence-electron chi connectivity index (χ1n) is 5.43. The topological polar surface area (TPSA) is 105 Å². The Labute approximate surface area is 112 Å². The number of carbonyl (C=O) groups excluding carboxylic acids is 1. The highest BCUT2D eigenvalue weighted by molar-refractivity contribution is 7.08. The standard InChI is InChI=1S/C11H10N4O3S/c1-2-7-9(19-15-14-7)10(16)13-8-4-3-6(5-12-8)11(17)18/h3-5H,2H2,1H3,(H,17,18)(H,12,13,16). The van der Waals surface area contributed by atoms with E-state index in [1.165, 1.54) is 18.3 Å². The maximum absolute atomic E-state index is 11.9. The second-order valence-electron chi connectivity index (χ2n) is 3.59. The van der Waals surface area contributed by atoms with Gasteiger partial charge in [0.1, 0.15) is 10.7 Å². The van der Waals surface area contributed by atoms with Crippen molar-refractivity contribution in [2.24, 2.45) is 0 Å². The van der Waals surface area contributed by atoms with Crippen LogP contribution in [0.1, 0.15) is 32.6 Å². The van der Waals surface area contributed by atoms with E-state index >= 15 is 0 Å². The molecule has 8 heteroatoms. The third-order valence-corrected chi connectivity index (χ3v) is 3.12. The van der Waals surface area contributed by atoms with Gasteiger partial charge in [-0.2, -0.15) is 0 Å². The predicted molar refractivity (Wildman–Crippen MR) is 68.4 cm³/mol. The summed E-state index contributed by atoms with van der Waals surface area (Å²) < 4.78 is 3.73. The molecule has 2 aromatic heterocycles. The third-order valence-electron chi connectivity index (χ3n) is 2.35. The van der Waals surface area contributed by atoms with Crippen molar-refractivity contribution < 1.29 is 14.7 Å². The van der Waals surface area contributed by atoms with Crippen LogP contribution in [0.3, 0.4) is 0 Å². The van der Waals surface area contributed by atoms with Crippen LogP contribution in [-0.2, 0) is 6.42 Å². The van der Waals surface area contributed by atoms with Crippen molar-refractivity contribution in [3.8, 4) is 0 Å². The van der Waals surface area contributed by atoms with Crippen molar-refractivity contribution in [2.45, 2.75) is 13.3 Å². The van der Waals surface area contributed by atoms with E-state index in [0.717, 1.165) is 11.5 Å². The quantitative estimate of drug-likeness (QED) is 0.876. The molecule has 0 atom stereocenters. The van der Waals surface area contributed by atoms with Gasteiger partial charge in [0.2, 0.25) is 0 Å². The predicted octanol–water partition coefficient (Wildman–Crippen LogP) is 1.45. The molecule has 0 aliphatic heterocycles. The summed E-state index contributed by atoms with van der Waals surface area (Å²) in [5.74, 6) is -1.13. The second kappa shape index (κ2) is 5.53. The van der Waals surface area contributed by atoms with Gasteiger partial charge in [0.25, 0.3) is 5.91 Å². The van der Waals surface area contributed by atoms with Crippen LogP contribution in [0.4, 0.5) is 5.82 Å². The van der Waals surface area contributed by atoms with Gasteiger partial charge in [-0.3, -0.25) is 4.79 Å². The Kier molecular flexibility index (Phi) is 3.81. The summed E-state index contributed by atoms with van der Waals surface area (Å²) in [5, 5.41) is 15.2. The summed E-state index contributed by atoms with van der Waals surface area (Å²) in [5.41, 5.74) is 0.691. The molecule has 7 nitrogen and oxygen atoms in total. The zero-order valence-electron chi connectivity index (χ0n) is 9.95. The molecule has 0 unspecified atom stereocenters. The van der Waals surface area contributed by atoms with Gasteiger partial charge in [-0.05, 0) is 30.1 Å². The molecule has 0 bridgehead atoms. The van der Waals surface area contributed by atoms with Crippen LogP contribution in [-0.4, -0.2) is 31.6 Å². The fraction of sp³-hybridized carbons (Fsp3) is 0.182. The number of nitrogens with one attached hydrogen (secondary N) is 1. The zero-order valence-corrected chi connectivity index (χ0v) is 10.8. The number of rotatable bonds is 4. The lowest BCUT2D eigenvalue weighted by Crippen LogP contribution is -2.13. The smallest absolute Gasteiger partial charge is 0.337 e. The molecule has 0 aliphatic rings. The van der Waals surface area contributed by atoms with Crippen LogP contribution in [0.2, 0.25) is 0 Å². The SMILES string of the molecule is CCc1nnsc1C(=O)Nc1ccc(C(=O)O)cn1. The highest BCUT2D eigenvalue weighted by Gasteiger charge is 2.15. The molecule has 1 amide bonds. The lowest BCUT2D eigenvalue weighted by atomic mass is 10.2. The van der Waals surface area contributed by atoms with Crippen molar-refractivity contribution >= 4 is 29.2 Å². The molecule has 0 aromatic carbocycles. The highest BCUT2D eigenvalue weighted by Crippen LogP contribution is 2.14. The molecule has 0 radical (unpaired) electrons. The Hall–Kier alpha value is -2.35. The second-order valence-corrected chi connectivity index (χ2v) is 4.35. The summed E-state index contributed by atoms with van der Waals surface area (Å²) in [4.78, 5) is 26.9. The van der Waals surface area contributed by atoms with Crippen molar-refractivity contribution in [2.75, 3.05) is 5.32 Å². The van der Waals surface area contributed by atoms with Crippen molar-refractivity contribution in [1.29, 1.82) is 0 Å². The van der Waals surface area contributed by atoms with E-state index in [4.69, 9.17) is 5.11 Å². The first-order valence-corrected chi connectivity index (χ1v) is 6.21. The maximum atomic E-state index is 11.9. The number of aryl methyl sites for hydroxylation is 1. The Morgan fingerprint density at radius 2 is 2.21 bits per heavy atom. The molecule has 0 spiro atoms. The molecule has 0 fully saturated rings. The van der Waals surface area contributed by atoms with E-state index in [1.807, 2.05) is 6.92 Å². The van der Waals surface area contributed by atoms with E-state index in [-0.39, 0.29) is 17.3 Å². The number of nitrogens with zero attached hydrogens (tertiary/aromatic N) is 3. The van der Waals surface area contributed by atoms with Crippen LogP contribution >= 0.6 is 11.5 Å². The fourth-order valence-electron chi connectivity index (χ4n) is 1.38. The van der Waals surface area contributed by atoms with Gasteiger partial charge in [0.15, 0.2) is 0 Å². The number of anilines is 1. The minimum Gasteiger partial charge on any atom is -0.478 e. The minimum atomic E-state index is -1.06. The number of carboxylic acid groups (broad SMARTS) is 1. The summed E-state index contributed by atoms with van der Waals surface area (Å²) in [6.07, 6.45) is 1.80. The molecule has 2 aromatic rings. The Balaban J connectivity index is 2.13. The van der Waals surface area contributed by atoms with Crippen LogP contribution in [0.15, 0.2) is 18.3 Å². The molecule has 0 saturated heterocycles. The fourth-order valence-corrected chi connectivity index (χ4v) is 2.03. The molecule has 19 heavy (non-hydrogen) atoms. The molecule has 0 saturated carbocycles. The average Bonchev–Trinajstić information content (AvgIpc) is 2.87. The number of amides is 1. The van der Waals surface area contributed by atoms with Gasteiger partial charge >= 0.3 is 5.97 Å². The van der Waals surface area contributed by atoms with Crippen LogP contribution < -0.4 is 5.32 Å². The van der Waals surface area contributed by atoms with Crippen molar-refractivity contribution in [1.82, 2.24) is 14.6 Å². The summed E-state index contributed by atoms with van der Waals surface area (Å²) in [6, 6.07) is 2.80. The Morgan fingerprint density at radius 1 is 1.42 bits per heavy atom. The van der Waals surface area contributed by atoms with Crippen LogP contribution in [0, 0.1) is 0 Å². The number of hydrogen-bond acceptors (Lipinski definition) is 6. The van der Waals surface area contributed by atoms with Gasteiger partial charge in [-0.1, -0.05) is 11.4 Å². The van der Waals surface area contributed by atoms with Crippen LogP contribution in [0.25, 0.3) is 0 Å². The summed E-state index contributed by atoms with van der Waals surface area (Å²) in [7, 11) is 0. The number of carboxylic acids is 1. The highest BCUT2D eigenvalue weighted by atomic mass is 32.1. The molecular weight excluding hydrogens is 268 g/mol. The largest absolute Gasteiger partial charge is 0.478 e.